The van der Waals surface area contributed by atoms with Gasteiger partial charge in [0.1, 0.15) is 17.1 Å². The molecular weight excluding hydrogens is 336 g/mol. The van der Waals surface area contributed by atoms with Gasteiger partial charge < -0.3 is 19.5 Å². The van der Waals surface area contributed by atoms with Crippen molar-refractivity contribution >= 4 is 17.6 Å². The Bertz CT molecular complexity index is 876. The van der Waals surface area contributed by atoms with Gasteiger partial charge in [0.15, 0.2) is 6.61 Å². The molecule has 2 aromatic carbocycles. The van der Waals surface area contributed by atoms with E-state index in [0.29, 0.717) is 16.4 Å². The number of nitrogens with zero attached hydrogens (tertiary/aromatic N) is 2. The van der Waals surface area contributed by atoms with Crippen LogP contribution in [0.4, 0.5) is 0 Å². The normalized spacial score (nSPS) is 10.5. The highest BCUT2D eigenvalue weighted by atomic mass is 35.5. The number of esters is 1. The third kappa shape index (κ3) is 3.47. The number of phenolic OH excluding ortho intramolecular Hbond substituents is 2. The molecular formula is C16H11ClN2O5. The van der Waals surface area contributed by atoms with Crippen molar-refractivity contribution in [2.75, 3.05) is 0 Å². The highest BCUT2D eigenvalue weighted by Gasteiger charge is 2.15. The molecule has 122 valence electrons. The quantitative estimate of drug-likeness (QED) is 0.699. The van der Waals surface area contributed by atoms with Crippen LogP contribution in [0.3, 0.4) is 0 Å². The van der Waals surface area contributed by atoms with Crippen LogP contribution in [-0.2, 0) is 11.3 Å². The van der Waals surface area contributed by atoms with Crippen LogP contribution >= 0.6 is 11.6 Å². The second kappa shape index (κ2) is 6.59. The lowest BCUT2D eigenvalue weighted by Crippen LogP contribution is -2.05. The fourth-order valence-electron chi connectivity index (χ4n) is 1.93. The first kappa shape index (κ1) is 15.8. The molecule has 0 atom stereocenters. The van der Waals surface area contributed by atoms with Crippen molar-refractivity contribution < 1.29 is 24.3 Å². The van der Waals surface area contributed by atoms with E-state index in [-0.39, 0.29) is 29.6 Å². The number of phenols is 2. The molecule has 0 aliphatic heterocycles. The van der Waals surface area contributed by atoms with E-state index in [0.717, 1.165) is 6.07 Å². The Morgan fingerprint density at radius 2 is 1.92 bits per heavy atom. The topological polar surface area (TPSA) is 106 Å². The first-order chi connectivity index (χ1) is 11.5. The third-order valence-corrected chi connectivity index (χ3v) is 3.35. The van der Waals surface area contributed by atoms with Crippen LogP contribution in [0.15, 0.2) is 47.0 Å². The molecule has 3 rings (SSSR count). The first-order valence-corrected chi connectivity index (χ1v) is 7.18. The maximum Gasteiger partial charge on any atom is 0.342 e. The van der Waals surface area contributed by atoms with Crippen molar-refractivity contribution in [1.29, 1.82) is 0 Å². The Kier molecular flexibility index (Phi) is 4.35. The molecule has 1 heterocycles. The van der Waals surface area contributed by atoms with Crippen molar-refractivity contribution in [1.82, 2.24) is 10.1 Å². The standard InChI is InChI=1S/C16H11ClN2O5/c17-10-3-1-9(2-4-10)15-18-14(24-19-15)8-23-16(22)12-6-5-11(20)7-13(12)21/h1-7,20-21H,8H2. The SMILES string of the molecule is O=C(OCc1nc(-c2ccc(Cl)cc2)no1)c1ccc(O)cc1O. The summed E-state index contributed by atoms with van der Waals surface area (Å²) in [5.74, 6) is -0.878. The van der Waals surface area contributed by atoms with Crippen LogP contribution in [0.5, 0.6) is 11.5 Å². The van der Waals surface area contributed by atoms with Crippen LogP contribution in [0, 0.1) is 0 Å². The lowest BCUT2D eigenvalue weighted by Gasteiger charge is -2.04. The number of hydrogen-bond donors (Lipinski definition) is 2. The van der Waals surface area contributed by atoms with E-state index in [1.54, 1.807) is 24.3 Å². The van der Waals surface area contributed by atoms with Gasteiger partial charge in [-0.25, -0.2) is 4.79 Å². The van der Waals surface area contributed by atoms with Gasteiger partial charge in [-0.15, -0.1) is 0 Å². The number of aromatic nitrogens is 2. The molecule has 0 aliphatic rings. The summed E-state index contributed by atoms with van der Waals surface area (Å²) in [7, 11) is 0. The predicted octanol–water partition coefficient (Wildman–Crippen LogP) is 3.16. The van der Waals surface area contributed by atoms with E-state index in [9.17, 15) is 15.0 Å². The molecule has 0 fully saturated rings. The molecule has 0 radical (unpaired) electrons. The number of carbonyl (C=O) groups is 1. The summed E-state index contributed by atoms with van der Waals surface area (Å²) in [4.78, 5) is 16.0. The van der Waals surface area contributed by atoms with E-state index in [2.05, 4.69) is 10.1 Å². The van der Waals surface area contributed by atoms with Gasteiger partial charge in [0, 0.05) is 16.7 Å². The number of rotatable bonds is 4. The van der Waals surface area contributed by atoms with Crippen molar-refractivity contribution in [2.45, 2.75) is 6.61 Å². The number of halogens is 1. The smallest absolute Gasteiger partial charge is 0.342 e. The fraction of sp³-hybridized carbons (Fsp3) is 0.0625. The second-order valence-electron chi connectivity index (χ2n) is 4.80. The predicted molar refractivity (Wildman–Crippen MR) is 83.6 cm³/mol. The zero-order chi connectivity index (χ0) is 17.1. The van der Waals surface area contributed by atoms with Crippen molar-refractivity contribution in [3.8, 4) is 22.9 Å². The Hall–Kier alpha value is -3.06. The van der Waals surface area contributed by atoms with Crippen LogP contribution in [0.2, 0.25) is 5.02 Å². The fourth-order valence-corrected chi connectivity index (χ4v) is 2.05. The molecule has 0 bridgehead atoms. The summed E-state index contributed by atoms with van der Waals surface area (Å²) in [6, 6.07) is 10.4. The molecule has 7 nitrogen and oxygen atoms in total. The molecule has 0 spiro atoms. The van der Waals surface area contributed by atoms with E-state index in [4.69, 9.17) is 20.9 Å². The molecule has 0 saturated heterocycles. The Morgan fingerprint density at radius 3 is 2.62 bits per heavy atom. The van der Waals surface area contributed by atoms with Crippen molar-refractivity contribution in [3.63, 3.8) is 0 Å². The minimum absolute atomic E-state index is 0.0785. The number of aromatic hydroxyl groups is 2. The largest absolute Gasteiger partial charge is 0.508 e. The monoisotopic (exact) mass is 346 g/mol. The molecule has 0 saturated carbocycles. The molecule has 0 amide bonds. The Morgan fingerprint density at radius 1 is 1.17 bits per heavy atom. The summed E-state index contributed by atoms with van der Waals surface area (Å²) < 4.78 is 10.0. The molecule has 2 N–H and O–H groups in total. The molecule has 3 aromatic rings. The van der Waals surface area contributed by atoms with Crippen LogP contribution in [-0.4, -0.2) is 26.3 Å². The molecule has 0 aliphatic carbocycles. The van der Waals surface area contributed by atoms with Crippen LogP contribution in [0.25, 0.3) is 11.4 Å². The minimum Gasteiger partial charge on any atom is -0.508 e. The molecule has 1 aromatic heterocycles. The van der Waals surface area contributed by atoms with E-state index in [1.807, 2.05) is 0 Å². The second-order valence-corrected chi connectivity index (χ2v) is 5.23. The summed E-state index contributed by atoms with van der Waals surface area (Å²) in [6.45, 7) is -0.250. The van der Waals surface area contributed by atoms with Gasteiger partial charge in [-0.3, -0.25) is 0 Å². The van der Waals surface area contributed by atoms with Crippen molar-refractivity contribution in [3.05, 3.63) is 58.9 Å². The minimum atomic E-state index is -0.779. The van der Waals surface area contributed by atoms with Gasteiger partial charge in [-0.1, -0.05) is 16.8 Å². The summed E-state index contributed by atoms with van der Waals surface area (Å²) in [5.41, 5.74) is 0.627. The van der Waals surface area contributed by atoms with Crippen molar-refractivity contribution in [2.24, 2.45) is 0 Å². The van der Waals surface area contributed by atoms with Crippen LogP contribution in [0.1, 0.15) is 16.2 Å². The number of carbonyl (C=O) groups excluding carboxylic acids is 1. The average Bonchev–Trinajstić information content (AvgIpc) is 3.02. The van der Waals surface area contributed by atoms with Gasteiger partial charge >= 0.3 is 5.97 Å². The Balaban J connectivity index is 1.67. The van der Waals surface area contributed by atoms with E-state index < -0.39 is 5.97 Å². The lowest BCUT2D eigenvalue weighted by atomic mass is 10.2. The summed E-state index contributed by atoms with van der Waals surface area (Å²) >= 11 is 5.81. The Labute approximate surface area is 141 Å². The van der Waals surface area contributed by atoms with Gasteiger partial charge in [0.25, 0.3) is 5.89 Å². The molecule has 8 heteroatoms. The first-order valence-electron chi connectivity index (χ1n) is 6.80. The highest BCUT2D eigenvalue weighted by Crippen LogP contribution is 2.24. The number of hydrogen-bond acceptors (Lipinski definition) is 7. The maximum absolute atomic E-state index is 11.9. The number of ether oxygens (including phenoxy) is 1. The zero-order valence-electron chi connectivity index (χ0n) is 12.1. The van der Waals surface area contributed by atoms with Gasteiger partial charge in [-0.2, -0.15) is 4.98 Å². The van der Waals surface area contributed by atoms with E-state index in [1.165, 1.54) is 12.1 Å². The molecule has 0 unspecified atom stereocenters. The average molecular weight is 347 g/mol. The summed E-state index contributed by atoms with van der Waals surface area (Å²) in [6.07, 6.45) is 0. The van der Waals surface area contributed by atoms with Crippen LogP contribution < -0.4 is 0 Å². The van der Waals surface area contributed by atoms with Gasteiger partial charge in [0.05, 0.1) is 0 Å². The zero-order valence-corrected chi connectivity index (χ0v) is 12.9. The maximum atomic E-state index is 11.9. The van der Waals surface area contributed by atoms with E-state index >= 15 is 0 Å². The van der Waals surface area contributed by atoms with Gasteiger partial charge in [0.2, 0.25) is 5.82 Å². The van der Waals surface area contributed by atoms with Gasteiger partial charge in [-0.05, 0) is 36.4 Å². The summed E-state index contributed by atoms with van der Waals surface area (Å²) in [5, 5.41) is 23.2. The number of benzene rings is 2. The highest BCUT2D eigenvalue weighted by molar-refractivity contribution is 6.30. The third-order valence-electron chi connectivity index (χ3n) is 3.10. The molecule has 24 heavy (non-hydrogen) atoms. The lowest BCUT2D eigenvalue weighted by molar-refractivity contribution is 0.0426.